The zero-order valence-electron chi connectivity index (χ0n) is 10.4. The van der Waals surface area contributed by atoms with Crippen molar-refractivity contribution in [3.05, 3.63) is 34.6 Å². The van der Waals surface area contributed by atoms with Crippen molar-refractivity contribution in [1.29, 1.82) is 0 Å². The summed E-state index contributed by atoms with van der Waals surface area (Å²) in [6, 6.07) is 2.85. The molecule has 0 unspecified atom stereocenters. The van der Waals surface area contributed by atoms with Crippen molar-refractivity contribution < 1.29 is 9.18 Å². The zero-order chi connectivity index (χ0) is 12.3. The van der Waals surface area contributed by atoms with E-state index in [0.717, 1.165) is 17.5 Å². The van der Waals surface area contributed by atoms with Gasteiger partial charge in [0, 0.05) is 12.0 Å². The second-order valence-corrected chi connectivity index (χ2v) is 4.77. The molecule has 0 amide bonds. The van der Waals surface area contributed by atoms with Crippen LogP contribution in [0.4, 0.5) is 4.39 Å². The molecule has 0 aromatic heterocycles. The van der Waals surface area contributed by atoms with E-state index in [2.05, 4.69) is 13.8 Å². The molecule has 0 aliphatic heterocycles. The summed E-state index contributed by atoms with van der Waals surface area (Å²) in [5.74, 6) is 0.379. The van der Waals surface area contributed by atoms with Crippen LogP contribution in [0.2, 0.25) is 0 Å². The summed E-state index contributed by atoms with van der Waals surface area (Å²) in [5, 5.41) is 0. The lowest BCUT2D eigenvalue weighted by molar-refractivity contribution is 0.0974. The molecular formula is C14H19FO. The highest BCUT2D eigenvalue weighted by molar-refractivity contribution is 5.98. The predicted molar refractivity (Wildman–Crippen MR) is 64.3 cm³/mol. The highest BCUT2D eigenvalue weighted by Crippen LogP contribution is 2.19. The van der Waals surface area contributed by atoms with Crippen molar-refractivity contribution >= 4 is 5.78 Å². The Morgan fingerprint density at radius 2 is 1.75 bits per heavy atom. The van der Waals surface area contributed by atoms with E-state index in [-0.39, 0.29) is 11.6 Å². The monoisotopic (exact) mass is 222 g/mol. The smallest absolute Gasteiger partial charge is 0.163 e. The molecule has 16 heavy (non-hydrogen) atoms. The third-order valence-corrected chi connectivity index (χ3v) is 2.73. The Kier molecular flexibility index (Phi) is 4.22. The highest BCUT2D eigenvalue weighted by Gasteiger charge is 2.13. The largest absolute Gasteiger partial charge is 0.294 e. The summed E-state index contributed by atoms with van der Waals surface area (Å²) in [5.41, 5.74) is 2.18. The number of carbonyl (C=O) groups excluding carboxylic acids is 1. The minimum atomic E-state index is -0.268. The molecule has 0 atom stereocenters. The Balaban J connectivity index is 2.91. The fourth-order valence-electron chi connectivity index (χ4n) is 1.90. The van der Waals surface area contributed by atoms with Crippen molar-refractivity contribution in [2.24, 2.45) is 5.92 Å². The van der Waals surface area contributed by atoms with Crippen LogP contribution >= 0.6 is 0 Å². The minimum Gasteiger partial charge on any atom is -0.294 e. The summed E-state index contributed by atoms with van der Waals surface area (Å²) in [4.78, 5) is 12.0. The lowest BCUT2D eigenvalue weighted by atomic mass is 9.94. The number of Topliss-reactive ketones (excluding diaryl/α,β-unsaturated/α-hetero) is 1. The SMILES string of the molecule is Cc1cc(F)cc(C)c1C(=O)CCC(C)C. The van der Waals surface area contributed by atoms with Crippen molar-refractivity contribution in [2.45, 2.75) is 40.5 Å². The number of halogens is 1. The van der Waals surface area contributed by atoms with Gasteiger partial charge in [0.1, 0.15) is 5.82 Å². The van der Waals surface area contributed by atoms with Crippen molar-refractivity contribution in [3.63, 3.8) is 0 Å². The predicted octanol–water partition coefficient (Wildman–Crippen LogP) is 4.06. The molecule has 1 nitrogen and oxygen atoms in total. The van der Waals surface area contributed by atoms with Gasteiger partial charge in [-0.25, -0.2) is 4.39 Å². The van der Waals surface area contributed by atoms with Crippen LogP contribution < -0.4 is 0 Å². The molecule has 2 heteroatoms. The molecule has 0 saturated carbocycles. The summed E-state index contributed by atoms with van der Waals surface area (Å²) in [7, 11) is 0. The molecule has 0 aliphatic rings. The lowest BCUT2D eigenvalue weighted by Crippen LogP contribution is -2.06. The number of rotatable bonds is 4. The number of benzene rings is 1. The Bertz CT molecular complexity index is 371. The number of carbonyl (C=O) groups is 1. The fraction of sp³-hybridized carbons (Fsp3) is 0.500. The van der Waals surface area contributed by atoms with E-state index in [1.54, 1.807) is 13.8 Å². The van der Waals surface area contributed by atoms with E-state index < -0.39 is 0 Å². The van der Waals surface area contributed by atoms with Gasteiger partial charge in [0.2, 0.25) is 0 Å². The van der Waals surface area contributed by atoms with Gasteiger partial charge in [0.15, 0.2) is 5.78 Å². The van der Waals surface area contributed by atoms with Gasteiger partial charge in [-0.3, -0.25) is 4.79 Å². The van der Waals surface area contributed by atoms with Gasteiger partial charge in [-0.1, -0.05) is 13.8 Å². The minimum absolute atomic E-state index is 0.128. The molecule has 0 heterocycles. The third-order valence-electron chi connectivity index (χ3n) is 2.73. The standard InChI is InChI=1S/C14H19FO/c1-9(2)5-6-13(16)14-10(3)7-12(15)8-11(14)4/h7-9H,5-6H2,1-4H3. The maximum Gasteiger partial charge on any atom is 0.163 e. The van der Waals surface area contributed by atoms with Gasteiger partial charge in [0.25, 0.3) is 0 Å². The van der Waals surface area contributed by atoms with E-state index in [9.17, 15) is 9.18 Å². The molecule has 88 valence electrons. The first kappa shape index (κ1) is 12.9. The first-order valence-electron chi connectivity index (χ1n) is 5.71. The van der Waals surface area contributed by atoms with E-state index >= 15 is 0 Å². The molecule has 0 saturated heterocycles. The normalized spacial score (nSPS) is 10.9. The second kappa shape index (κ2) is 5.24. The van der Waals surface area contributed by atoms with Crippen LogP contribution in [0.3, 0.4) is 0 Å². The lowest BCUT2D eigenvalue weighted by Gasteiger charge is -2.10. The molecule has 0 aliphatic carbocycles. The van der Waals surface area contributed by atoms with E-state index in [0.29, 0.717) is 17.9 Å². The second-order valence-electron chi connectivity index (χ2n) is 4.77. The Morgan fingerprint density at radius 1 is 1.25 bits per heavy atom. The number of hydrogen-bond donors (Lipinski definition) is 0. The fourth-order valence-corrected chi connectivity index (χ4v) is 1.90. The quantitative estimate of drug-likeness (QED) is 0.702. The van der Waals surface area contributed by atoms with Crippen LogP contribution in [0.15, 0.2) is 12.1 Å². The first-order valence-corrected chi connectivity index (χ1v) is 5.71. The Labute approximate surface area is 96.7 Å². The molecule has 0 fully saturated rings. The topological polar surface area (TPSA) is 17.1 Å². The van der Waals surface area contributed by atoms with Gasteiger partial charge < -0.3 is 0 Å². The molecule has 1 rings (SSSR count). The maximum absolute atomic E-state index is 13.1. The van der Waals surface area contributed by atoms with Crippen LogP contribution in [0.25, 0.3) is 0 Å². The van der Waals surface area contributed by atoms with Crippen LogP contribution in [-0.4, -0.2) is 5.78 Å². The molecule has 0 N–H and O–H groups in total. The van der Waals surface area contributed by atoms with E-state index in [4.69, 9.17) is 0 Å². The van der Waals surface area contributed by atoms with Crippen molar-refractivity contribution in [2.75, 3.05) is 0 Å². The van der Waals surface area contributed by atoms with Gasteiger partial charge >= 0.3 is 0 Å². The van der Waals surface area contributed by atoms with Crippen molar-refractivity contribution in [1.82, 2.24) is 0 Å². The summed E-state index contributed by atoms with van der Waals surface area (Å²) in [6.45, 7) is 7.77. The van der Waals surface area contributed by atoms with E-state index in [1.807, 2.05) is 0 Å². The highest BCUT2D eigenvalue weighted by atomic mass is 19.1. The molecule has 0 spiro atoms. The Hall–Kier alpha value is -1.18. The van der Waals surface area contributed by atoms with Crippen LogP contribution in [0.1, 0.15) is 48.2 Å². The average molecular weight is 222 g/mol. The maximum atomic E-state index is 13.1. The van der Waals surface area contributed by atoms with Crippen molar-refractivity contribution in [3.8, 4) is 0 Å². The first-order chi connectivity index (χ1) is 7.41. The number of ketones is 1. The molecule has 1 aromatic rings. The van der Waals surface area contributed by atoms with Gasteiger partial charge in [-0.05, 0) is 49.4 Å². The third kappa shape index (κ3) is 3.16. The van der Waals surface area contributed by atoms with Crippen LogP contribution in [0.5, 0.6) is 0 Å². The number of aryl methyl sites for hydroxylation is 2. The van der Waals surface area contributed by atoms with Gasteiger partial charge in [-0.2, -0.15) is 0 Å². The van der Waals surface area contributed by atoms with Crippen LogP contribution in [0, 0.1) is 25.6 Å². The molecule has 1 aromatic carbocycles. The average Bonchev–Trinajstić information content (AvgIpc) is 2.12. The van der Waals surface area contributed by atoms with E-state index in [1.165, 1.54) is 12.1 Å². The molecule has 0 radical (unpaired) electrons. The van der Waals surface area contributed by atoms with Gasteiger partial charge in [0.05, 0.1) is 0 Å². The van der Waals surface area contributed by atoms with Crippen LogP contribution in [-0.2, 0) is 0 Å². The summed E-state index contributed by atoms with van der Waals surface area (Å²) in [6.07, 6.45) is 1.43. The zero-order valence-corrected chi connectivity index (χ0v) is 10.4. The molecular weight excluding hydrogens is 203 g/mol. The number of hydrogen-bond acceptors (Lipinski definition) is 1. The van der Waals surface area contributed by atoms with Gasteiger partial charge in [-0.15, -0.1) is 0 Å². The summed E-state index contributed by atoms with van der Waals surface area (Å²) >= 11 is 0. The summed E-state index contributed by atoms with van der Waals surface area (Å²) < 4.78 is 13.1. The Morgan fingerprint density at radius 3 is 2.19 bits per heavy atom. The molecule has 0 bridgehead atoms.